The molecular formula is C27H26Cl2FN5O2. The van der Waals surface area contributed by atoms with Crippen molar-refractivity contribution in [1.82, 2.24) is 14.9 Å². The summed E-state index contributed by atoms with van der Waals surface area (Å²) in [6.45, 7) is 5.54. The zero-order valence-electron chi connectivity index (χ0n) is 20.6. The maximum Gasteiger partial charge on any atom is 0.257 e. The molecule has 2 N–H and O–H groups in total. The van der Waals surface area contributed by atoms with E-state index in [1.54, 1.807) is 36.7 Å². The van der Waals surface area contributed by atoms with Gasteiger partial charge in [-0.25, -0.2) is 9.37 Å². The van der Waals surface area contributed by atoms with Gasteiger partial charge in [0, 0.05) is 36.4 Å². The van der Waals surface area contributed by atoms with Gasteiger partial charge in [-0.3, -0.25) is 9.69 Å². The van der Waals surface area contributed by atoms with Crippen LogP contribution in [0.5, 0.6) is 0 Å². The Hall–Kier alpha value is -3.33. The van der Waals surface area contributed by atoms with Crippen molar-refractivity contribution in [3.63, 3.8) is 0 Å². The summed E-state index contributed by atoms with van der Waals surface area (Å²) in [4.78, 5) is 24.9. The van der Waals surface area contributed by atoms with Gasteiger partial charge in [0.05, 0.1) is 33.8 Å². The summed E-state index contributed by atoms with van der Waals surface area (Å²) in [6, 6.07) is 11.8. The number of furan rings is 1. The molecule has 5 rings (SSSR count). The molecule has 1 saturated heterocycles. The summed E-state index contributed by atoms with van der Waals surface area (Å²) in [5, 5.41) is 3.41. The molecule has 0 spiro atoms. The minimum atomic E-state index is -0.528. The second-order valence-corrected chi connectivity index (χ2v) is 10.1. The van der Waals surface area contributed by atoms with Crippen molar-refractivity contribution in [3.05, 3.63) is 76.4 Å². The Labute approximate surface area is 224 Å². The first-order valence-corrected chi connectivity index (χ1v) is 12.6. The number of nitrogens with zero attached hydrogens (tertiary/aromatic N) is 3. The number of likely N-dealkylation sites (N-methyl/N-ethyl adjacent to an activating group) is 1. The Balaban J connectivity index is 1.36. The van der Waals surface area contributed by atoms with Crippen LogP contribution in [0, 0.1) is 5.82 Å². The number of hydrogen-bond acceptors (Lipinski definition) is 5. The Bertz CT molecular complexity index is 1430. The second-order valence-electron chi connectivity index (χ2n) is 9.32. The Kier molecular flexibility index (Phi) is 6.98. The van der Waals surface area contributed by atoms with Gasteiger partial charge in [0.1, 0.15) is 17.3 Å². The van der Waals surface area contributed by atoms with Gasteiger partial charge in [0.2, 0.25) is 0 Å². The van der Waals surface area contributed by atoms with Crippen LogP contribution in [0.3, 0.4) is 0 Å². The molecule has 1 aliphatic rings. The quantitative estimate of drug-likeness (QED) is 0.299. The van der Waals surface area contributed by atoms with Crippen molar-refractivity contribution >= 4 is 40.5 Å². The zero-order valence-corrected chi connectivity index (χ0v) is 22.1. The first kappa shape index (κ1) is 25.3. The van der Waals surface area contributed by atoms with Gasteiger partial charge in [-0.05, 0) is 63.4 Å². The first-order valence-electron chi connectivity index (χ1n) is 11.9. The topological polar surface area (TPSA) is 77.4 Å². The smallest absolute Gasteiger partial charge is 0.257 e. The number of aromatic nitrogens is 2. The zero-order chi connectivity index (χ0) is 26.3. The molecule has 1 fully saturated rings. The van der Waals surface area contributed by atoms with E-state index in [2.05, 4.69) is 41.1 Å². The Morgan fingerprint density at radius 3 is 2.59 bits per heavy atom. The third-order valence-corrected chi connectivity index (χ3v) is 7.47. The third kappa shape index (κ3) is 5.09. The summed E-state index contributed by atoms with van der Waals surface area (Å²) in [7, 11) is 2.06. The van der Waals surface area contributed by atoms with E-state index in [-0.39, 0.29) is 22.7 Å². The van der Waals surface area contributed by atoms with Gasteiger partial charge < -0.3 is 19.6 Å². The van der Waals surface area contributed by atoms with Crippen molar-refractivity contribution < 1.29 is 13.6 Å². The lowest BCUT2D eigenvalue weighted by atomic mass is 10.1. The van der Waals surface area contributed by atoms with Crippen molar-refractivity contribution in [1.29, 1.82) is 0 Å². The molecule has 2 aromatic carbocycles. The number of piperazine rings is 1. The molecule has 4 aromatic rings. The molecule has 1 amide bonds. The number of anilines is 2. The number of aromatic amines is 1. The number of carbonyl (C=O) groups is 1. The van der Waals surface area contributed by atoms with Crippen LogP contribution in [0.4, 0.5) is 15.8 Å². The molecule has 0 aliphatic carbocycles. The first-order chi connectivity index (χ1) is 17.7. The minimum Gasteiger partial charge on any atom is -0.463 e. The highest BCUT2D eigenvalue weighted by Crippen LogP contribution is 2.33. The number of carbonyl (C=O) groups excluding carboxylic acids is 1. The van der Waals surface area contributed by atoms with Crippen molar-refractivity contribution in [3.8, 4) is 22.8 Å². The average molecular weight is 542 g/mol. The predicted octanol–water partition coefficient (Wildman–Crippen LogP) is 6.56. The van der Waals surface area contributed by atoms with Crippen molar-refractivity contribution in [2.24, 2.45) is 0 Å². The molecule has 2 atom stereocenters. The molecule has 0 unspecified atom stereocenters. The number of nitrogens with one attached hydrogen (secondary N) is 2. The highest BCUT2D eigenvalue weighted by atomic mass is 35.5. The third-order valence-electron chi connectivity index (χ3n) is 6.82. The van der Waals surface area contributed by atoms with Gasteiger partial charge in [-0.15, -0.1) is 0 Å². The van der Waals surface area contributed by atoms with E-state index < -0.39 is 11.7 Å². The Morgan fingerprint density at radius 2 is 1.89 bits per heavy atom. The summed E-state index contributed by atoms with van der Waals surface area (Å²) in [5.74, 6) is 0.132. The predicted molar refractivity (Wildman–Crippen MR) is 145 cm³/mol. The van der Waals surface area contributed by atoms with Crippen LogP contribution in [0.15, 0.2) is 59.3 Å². The van der Waals surface area contributed by atoms with E-state index in [1.807, 2.05) is 11.0 Å². The van der Waals surface area contributed by atoms with Gasteiger partial charge in [-0.2, -0.15) is 0 Å². The SMILES string of the molecule is C[C@@H]1CN(c2cc(Cl)c(C(=O)Nc3ccc(Cl)c(-c4ncc(-c5ccco5)[nH]4)c3)cc2F)C[C@H](C)N1C. The van der Waals surface area contributed by atoms with Crippen molar-refractivity contribution in [2.75, 3.05) is 30.4 Å². The molecular weight excluding hydrogens is 516 g/mol. The summed E-state index contributed by atoms with van der Waals surface area (Å²) in [5.41, 5.74) is 2.18. The van der Waals surface area contributed by atoms with Gasteiger partial charge in [0.25, 0.3) is 5.91 Å². The van der Waals surface area contributed by atoms with Crippen LogP contribution in [0.1, 0.15) is 24.2 Å². The standard InChI is InChI=1S/C27H26Cl2FN5O2/c1-15-13-35(14-16(2)34(15)3)24-11-21(29)19(10-22(24)30)27(36)32-17-6-7-20(28)18(9-17)26-31-12-23(33-26)25-5-4-8-37-25/h4-12,15-16H,13-14H2,1-3H3,(H,31,33)(H,32,36)/t15-,16+. The number of amides is 1. The molecule has 1 aliphatic heterocycles. The molecule has 37 heavy (non-hydrogen) atoms. The fourth-order valence-electron chi connectivity index (χ4n) is 4.55. The molecule has 10 heteroatoms. The van der Waals surface area contributed by atoms with E-state index in [1.165, 1.54) is 12.1 Å². The maximum atomic E-state index is 15.2. The fourth-order valence-corrected chi connectivity index (χ4v) is 5.00. The van der Waals surface area contributed by atoms with E-state index in [9.17, 15) is 4.79 Å². The van der Waals surface area contributed by atoms with E-state index in [0.717, 1.165) is 0 Å². The highest BCUT2D eigenvalue weighted by Gasteiger charge is 2.29. The molecule has 0 bridgehead atoms. The molecule has 7 nitrogen and oxygen atoms in total. The van der Waals surface area contributed by atoms with Crippen LogP contribution in [-0.2, 0) is 0 Å². The molecule has 192 valence electrons. The summed E-state index contributed by atoms with van der Waals surface area (Å²) >= 11 is 12.9. The normalized spacial score (nSPS) is 18.3. The van der Waals surface area contributed by atoms with Crippen LogP contribution in [-0.4, -0.2) is 53.0 Å². The number of H-pyrrole nitrogens is 1. The summed E-state index contributed by atoms with van der Waals surface area (Å²) in [6.07, 6.45) is 3.22. The number of imidazole rings is 1. The lowest BCUT2D eigenvalue weighted by Crippen LogP contribution is -2.55. The van der Waals surface area contributed by atoms with E-state index in [0.29, 0.717) is 52.3 Å². The van der Waals surface area contributed by atoms with E-state index in [4.69, 9.17) is 27.6 Å². The molecule has 2 aromatic heterocycles. The molecule has 3 heterocycles. The Morgan fingerprint density at radius 1 is 1.14 bits per heavy atom. The highest BCUT2D eigenvalue weighted by molar-refractivity contribution is 6.35. The maximum absolute atomic E-state index is 15.2. The summed E-state index contributed by atoms with van der Waals surface area (Å²) < 4.78 is 20.6. The average Bonchev–Trinajstić information content (AvgIpc) is 3.57. The van der Waals surface area contributed by atoms with Crippen LogP contribution in [0.2, 0.25) is 10.0 Å². The lowest BCUT2D eigenvalue weighted by molar-refractivity contribution is 0.102. The van der Waals surface area contributed by atoms with Gasteiger partial charge in [-0.1, -0.05) is 23.2 Å². The monoisotopic (exact) mass is 541 g/mol. The van der Waals surface area contributed by atoms with Gasteiger partial charge >= 0.3 is 0 Å². The molecule has 0 radical (unpaired) electrons. The molecule has 0 saturated carbocycles. The van der Waals surface area contributed by atoms with Crippen molar-refractivity contribution in [2.45, 2.75) is 25.9 Å². The number of rotatable bonds is 5. The largest absolute Gasteiger partial charge is 0.463 e. The fraction of sp³-hybridized carbons (Fsp3) is 0.259. The van der Waals surface area contributed by atoms with E-state index >= 15 is 4.39 Å². The number of halogens is 3. The number of hydrogen-bond donors (Lipinski definition) is 2. The van der Waals surface area contributed by atoms with Crippen LogP contribution >= 0.6 is 23.2 Å². The van der Waals surface area contributed by atoms with Crippen LogP contribution < -0.4 is 10.2 Å². The van der Waals surface area contributed by atoms with Gasteiger partial charge in [0.15, 0.2) is 5.76 Å². The van der Waals surface area contributed by atoms with Crippen LogP contribution in [0.25, 0.3) is 22.8 Å². The lowest BCUT2D eigenvalue weighted by Gasteiger charge is -2.43. The second kappa shape index (κ2) is 10.2. The number of benzene rings is 2. The minimum absolute atomic E-state index is 0.0488.